The normalized spacial score (nSPS) is 16.1. The van der Waals surface area contributed by atoms with E-state index < -0.39 is 0 Å². The molecule has 1 saturated carbocycles. The summed E-state index contributed by atoms with van der Waals surface area (Å²) in [6.07, 6.45) is 5.63. The van der Waals surface area contributed by atoms with E-state index >= 15 is 0 Å². The molecular weight excluding hydrogens is 188 g/mol. The molecule has 0 spiro atoms. The number of hydrogen-bond donors (Lipinski definition) is 1. The maximum Gasteiger partial charge on any atom is 0.225 e. The van der Waals surface area contributed by atoms with Gasteiger partial charge in [-0.05, 0) is 32.3 Å². The molecular formula is C11H18N4. The number of nitrogens with two attached hydrogens (primary N) is 1. The number of nitrogens with zero attached hydrogens (tertiary/aromatic N) is 3. The Labute approximate surface area is 90.5 Å². The molecule has 1 aromatic heterocycles. The summed E-state index contributed by atoms with van der Waals surface area (Å²) in [6, 6.07) is 2.53. The van der Waals surface area contributed by atoms with E-state index in [4.69, 9.17) is 5.73 Å². The van der Waals surface area contributed by atoms with Crippen LogP contribution in [-0.4, -0.2) is 29.1 Å². The van der Waals surface area contributed by atoms with Gasteiger partial charge in [-0.2, -0.15) is 0 Å². The maximum absolute atomic E-state index is 5.62. The summed E-state index contributed by atoms with van der Waals surface area (Å²) in [4.78, 5) is 11.0. The molecule has 2 N–H and O–H groups in total. The molecule has 0 unspecified atom stereocenters. The number of aryl methyl sites for hydroxylation is 1. The van der Waals surface area contributed by atoms with Gasteiger partial charge >= 0.3 is 0 Å². The van der Waals surface area contributed by atoms with Gasteiger partial charge in [0.2, 0.25) is 5.95 Å². The second-order valence-electron chi connectivity index (χ2n) is 4.06. The highest BCUT2D eigenvalue weighted by Crippen LogP contribution is 2.27. The molecule has 1 aliphatic rings. The molecule has 0 radical (unpaired) electrons. The van der Waals surface area contributed by atoms with Crippen LogP contribution in [0.1, 0.15) is 25.0 Å². The van der Waals surface area contributed by atoms with Crippen molar-refractivity contribution in [2.75, 3.05) is 18.0 Å². The molecule has 0 amide bonds. The first-order chi connectivity index (χ1) is 7.31. The summed E-state index contributed by atoms with van der Waals surface area (Å²) in [5.74, 6) is 0.838. The summed E-state index contributed by atoms with van der Waals surface area (Å²) < 4.78 is 0. The van der Waals surface area contributed by atoms with Gasteiger partial charge in [-0.3, -0.25) is 0 Å². The molecule has 4 nitrogen and oxygen atoms in total. The molecule has 0 aliphatic heterocycles. The van der Waals surface area contributed by atoms with E-state index in [-0.39, 0.29) is 0 Å². The number of rotatable bonds is 4. The first-order valence-electron chi connectivity index (χ1n) is 5.57. The van der Waals surface area contributed by atoms with Gasteiger partial charge in [0, 0.05) is 31.0 Å². The van der Waals surface area contributed by atoms with Crippen molar-refractivity contribution in [2.45, 2.75) is 32.2 Å². The molecule has 1 fully saturated rings. The fourth-order valence-corrected chi connectivity index (χ4v) is 1.86. The summed E-state index contributed by atoms with van der Waals surface area (Å²) >= 11 is 0. The van der Waals surface area contributed by atoms with Crippen molar-refractivity contribution in [3.05, 3.63) is 18.0 Å². The maximum atomic E-state index is 5.62. The molecule has 0 saturated heterocycles. The minimum atomic E-state index is 0.607. The van der Waals surface area contributed by atoms with Gasteiger partial charge in [-0.1, -0.05) is 0 Å². The molecule has 0 aromatic carbocycles. The van der Waals surface area contributed by atoms with Crippen LogP contribution in [0.4, 0.5) is 5.95 Å². The molecule has 1 heterocycles. The molecule has 2 rings (SSSR count). The Bertz CT molecular complexity index is 322. The third kappa shape index (κ3) is 2.26. The van der Waals surface area contributed by atoms with Crippen LogP contribution < -0.4 is 10.6 Å². The second kappa shape index (κ2) is 4.57. The lowest BCUT2D eigenvalue weighted by molar-refractivity contribution is 0.383. The summed E-state index contributed by atoms with van der Waals surface area (Å²) in [6.45, 7) is 3.51. The third-order valence-corrected chi connectivity index (χ3v) is 2.92. The smallest absolute Gasteiger partial charge is 0.225 e. The summed E-state index contributed by atoms with van der Waals surface area (Å²) in [5.41, 5.74) is 6.64. The Morgan fingerprint density at radius 1 is 1.53 bits per heavy atom. The third-order valence-electron chi connectivity index (χ3n) is 2.92. The van der Waals surface area contributed by atoms with Gasteiger partial charge in [0.25, 0.3) is 0 Å². The van der Waals surface area contributed by atoms with Crippen LogP contribution >= 0.6 is 0 Å². The molecule has 0 atom stereocenters. The van der Waals surface area contributed by atoms with E-state index in [9.17, 15) is 0 Å². The molecule has 0 bridgehead atoms. The van der Waals surface area contributed by atoms with Crippen LogP contribution in [0.2, 0.25) is 0 Å². The SMILES string of the molecule is Cc1ccnc(N(CCN)C2CCC2)n1. The van der Waals surface area contributed by atoms with Gasteiger partial charge < -0.3 is 10.6 Å². The minimum Gasteiger partial charge on any atom is -0.337 e. The van der Waals surface area contributed by atoms with E-state index in [0.717, 1.165) is 18.2 Å². The van der Waals surface area contributed by atoms with E-state index in [1.807, 2.05) is 19.2 Å². The van der Waals surface area contributed by atoms with Crippen molar-refractivity contribution < 1.29 is 0 Å². The van der Waals surface area contributed by atoms with Crippen LogP contribution in [-0.2, 0) is 0 Å². The summed E-state index contributed by atoms with van der Waals surface area (Å²) in [5, 5.41) is 0. The average molecular weight is 206 g/mol. The quantitative estimate of drug-likeness (QED) is 0.801. The van der Waals surface area contributed by atoms with Crippen LogP contribution in [0.5, 0.6) is 0 Å². The van der Waals surface area contributed by atoms with Crippen LogP contribution in [0, 0.1) is 6.92 Å². The Morgan fingerprint density at radius 2 is 2.33 bits per heavy atom. The number of anilines is 1. The van der Waals surface area contributed by atoms with Crippen LogP contribution in [0.3, 0.4) is 0 Å². The lowest BCUT2D eigenvalue weighted by Crippen LogP contribution is -2.44. The van der Waals surface area contributed by atoms with Crippen LogP contribution in [0.15, 0.2) is 12.3 Å². The van der Waals surface area contributed by atoms with Crippen molar-refractivity contribution in [3.63, 3.8) is 0 Å². The fourth-order valence-electron chi connectivity index (χ4n) is 1.86. The van der Waals surface area contributed by atoms with Crippen molar-refractivity contribution >= 4 is 5.95 Å². The van der Waals surface area contributed by atoms with Gasteiger partial charge in [0.05, 0.1) is 0 Å². The zero-order valence-electron chi connectivity index (χ0n) is 9.19. The Morgan fingerprint density at radius 3 is 2.87 bits per heavy atom. The zero-order chi connectivity index (χ0) is 10.7. The first kappa shape index (κ1) is 10.4. The largest absolute Gasteiger partial charge is 0.337 e. The molecule has 15 heavy (non-hydrogen) atoms. The molecule has 82 valence electrons. The van der Waals surface area contributed by atoms with Gasteiger partial charge in [-0.15, -0.1) is 0 Å². The Hall–Kier alpha value is -1.16. The predicted molar refractivity (Wildman–Crippen MR) is 60.8 cm³/mol. The Kier molecular flexibility index (Phi) is 3.16. The fraction of sp³-hybridized carbons (Fsp3) is 0.636. The van der Waals surface area contributed by atoms with E-state index in [0.29, 0.717) is 12.6 Å². The highest BCUT2D eigenvalue weighted by molar-refractivity contribution is 5.32. The molecule has 4 heteroatoms. The lowest BCUT2D eigenvalue weighted by atomic mass is 9.91. The Balaban J connectivity index is 2.15. The second-order valence-corrected chi connectivity index (χ2v) is 4.06. The highest BCUT2D eigenvalue weighted by Gasteiger charge is 2.26. The average Bonchev–Trinajstić information content (AvgIpc) is 2.14. The van der Waals surface area contributed by atoms with E-state index in [2.05, 4.69) is 14.9 Å². The minimum absolute atomic E-state index is 0.607. The first-order valence-corrected chi connectivity index (χ1v) is 5.57. The molecule has 1 aromatic rings. The predicted octanol–water partition coefficient (Wildman–Crippen LogP) is 1.10. The van der Waals surface area contributed by atoms with E-state index in [1.165, 1.54) is 19.3 Å². The van der Waals surface area contributed by atoms with Crippen LogP contribution in [0.25, 0.3) is 0 Å². The summed E-state index contributed by atoms with van der Waals surface area (Å²) in [7, 11) is 0. The molecule has 1 aliphatic carbocycles. The number of aromatic nitrogens is 2. The van der Waals surface area contributed by atoms with Gasteiger partial charge in [-0.25, -0.2) is 9.97 Å². The monoisotopic (exact) mass is 206 g/mol. The van der Waals surface area contributed by atoms with Gasteiger partial charge in [0.1, 0.15) is 0 Å². The van der Waals surface area contributed by atoms with Crippen molar-refractivity contribution in [1.82, 2.24) is 9.97 Å². The topological polar surface area (TPSA) is 55.0 Å². The van der Waals surface area contributed by atoms with Crippen molar-refractivity contribution in [2.24, 2.45) is 5.73 Å². The van der Waals surface area contributed by atoms with Gasteiger partial charge in [0.15, 0.2) is 0 Å². The lowest BCUT2D eigenvalue weighted by Gasteiger charge is -2.37. The van der Waals surface area contributed by atoms with Crippen molar-refractivity contribution in [3.8, 4) is 0 Å². The standard InChI is InChI=1S/C11H18N4/c1-9-5-7-13-11(14-9)15(8-6-12)10-3-2-4-10/h5,7,10H,2-4,6,8,12H2,1H3. The zero-order valence-corrected chi connectivity index (χ0v) is 9.19. The highest BCUT2D eigenvalue weighted by atomic mass is 15.3. The van der Waals surface area contributed by atoms with Crippen molar-refractivity contribution in [1.29, 1.82) is 0 Å². The van der Waals surface area contributed by atoms with E-state index in [1.54, 1.807) is 0 Å². The number of hydrogen-bond acceptors (Lipinski definition) is 4.